The topological polar surface area (TPSA) is 162 Å². The van der Waals surface area contributed by atoms with Crippen molar-refractivity contribution in [2.24, 2.45) is 0 Å². The molecule has 1 aliphatic rings. The number of piperazine rings is 1. The second-order valence-corrected chi connectivity index (χ2v) is 11.9. The SMILES string of the molecule is CCc1c2nc(-c3cc(S(=O)(=O)N4CCN(CC)CC4)cnc3OCCOC)[nH]c(=O)c2nn1-c1nc2ccccc2o1. The van der Waals surface area contributed by atoms with Crippen molar-refractivity contribution in [2.45, 2.75) is 25.2 Å². The molecule has 0 unspecified atom stereocenters. The number of hydrogen-bond acceptors (Lipinski definition) is 11. The number of para-hydroxylation sites is 2. The van der Waals surface area contributed by atoms with Gasteiger partial charge in [-0.15, -0.1) is 0 Å². The highest BCUT2D eigenvalue weighted by molar-refractivity contribution is 7.89. The molecule has 0 radical (unpaired) electrons. The minimum absolute atomic E-state index is 0.0211. The van der Waals surface area contributed by atoms with Gasteiger partial charge in [-0.3, -0.25) is 4.79 Å². The molecule has 0 amide bonds. The van der Waals surface area contributed by atoms with Gasteiger partial charge in [0.2, 0.25) is 15.9 Å². The van der Waals surface area contributed by atoms with E-state index in [0.717, 1.165) is 6.54 Å². The normalized spacial score (nSPS) is 15.0. The Kier molecular flexibility index (Phi) is 7.96. The number of fused-ring (bicyclic) bond motifs is 2. The number of ether oxygens (including phenoxy) is 2. The van der Waals surface area contributed by atoms with E-state index in [0.29, 0.717) is 54.9 Å². The number of sulfonamides is 1. The van der Waals surface area contributed by atoms with Crippen LogP contribution in [-0.2, 0) is 21.2 Å². The van der Waals surface area contributed by atoms with Crippen molar-refractivity contribution >= 4 is 32.2 Å². The fourth-order valence-electron chi connectivity index (χ4n) is 5.09. The van der Waals surface area contributed by atoms with Gasteiger partial charge >= 0.3 is 6.01 Å². The number of benzene rings is 1. The lowest BCUT2D eigenvalue weighted by molar-refractivity contribution is 0.144. The second kappa shape index (κ2) is 11.8. The van der Waals surface area contributed by atoms with Crippen LogP contribution in [0.2, 0.25) is 0 Å². The minimum Gasteiger partial charge on any atom is -0.475 e. The molecule has 15 heteroatoms. The lowest BCUT2D eigenvalue weighted by atomic mass is 10.2. The molecule has 4 aromatic heterocycles. The van der Waals surface area contributed by atoms with Crippen LogP contribution in [0.3, 0.4) is 0 Å². The van der Waals surface area contributed by atoms with Gasteiger partial charge in [-0.25, -0.2) is 18.4 Å². The number of likely N-dealkylation sites (N-methyl/N-ethyl adjacent to an activating group) is 1. The number of rotatable bonds is 10. The lowest BCUT2D eigenvalue weighted by Gasteiger charge is -2.33. The van der Waals surface area contributed by atoms with E-state index in [1.807, 2.05) is 32.0 Å². The van der Waals surface area contributed by atoms with E-state index in [2.05, 4.69) is 25.0 Å². The van der Waals surface area contributed by atoms with Crippen LogP contribution < -0.4 is 10.3 Å². The van der Waals surface area contributed by atoms with Gasteiger partial charge in [0, 0.05) is 33.3 Å². The van der Waals surface area contributed by atoms with Crippen LogP contribution in [0, 0.1) is 0 Å². The van der Waals surface area contributed by atoms with Gasteiger partial charge in [0.25, 0.3) is 5.56 Å². The van der Waals surface area contributed by atoms with Crippen LogP contribution in [0.5, 0.6) is 5.88 Å². The van der Waals surface area contributed by atoms with Crippen LogP contribution in [0.4, 0.5) is 0 Å². The van der Waals surface area contributed by atoms with Gasteiger partial charge in [-0.1, -0.05) is 26.0 Å². The molecule has 1 N–H and O–H groups in total. The second-order valence-electron chi connectivity index (χ2n) is 9.99. The van der Waals surface area contributed by atoms with Crippen LogP contribution in [-0.4, -0.2) is 100 Å². The van der Waals surface area contributed by atoms with Gasteiger partial charge in [0.05, 0.1) is 24.1 Å². The maximum atomic E-state index is 13.6. The first-order chi connectivity index (χ1) is 20.8. The molecule has 1 saturated heterocycles. The summed E-state index contributed by atoms with van der Waals surface area (Å²) in [5.41, 5.74) is 1.96. The summed E-state index contributed by atoms with van der Waals surface area (Å²) >= 11 is 0. The highest BCUT2D eigenvalue weighted by Crippen LogP contribution is 2.31. The molecule has 1 aromatic carbocycles. The lowest BCUT2D eigenvalue weighted by Crippen LogP contribution is -2.48. The van der Waals surface area contributed by atoms with Gasteiger partial charge in [-0.05, 0) is 31.2 Å². The fourth-order valence-corrected chi connectivity index (χ4v) is 6.49. The molecular formula is C28H32N8O6S. The quantitative estimate of drug-likeness (QED) is 0.231. The number of methoxy groups -OCH3 is 1. The average Bonchev–Trinajstić information content (AvgIpc) is 3.63. The van der Waals surface area contributed by atoms with Crippen molar-refractivity contribution in [1.82, 2.24) is 38.9 Å². The Morgan fingerprint density at radius 2 is 1.84 bits per heavy atom. The van der Waals surface area contributed by atoms with E-state index in [-0.39, 0.29) is 46.9 Å². The van der Waals surface area contributed by atoms with Crippen molar-refractivity contribution in [2.75, 3.05) is 53.0 Å². The van der Waals surface area contributed by atoms with E-state index in [9.17, 15) is 13.2 Å². The summed E-state index contributed by atoms with van der Waals surface area (Å²) in [6.07, 6.45) is 1.73. The smallest absolute Gasteiger partial charge is 0.324 e. The number of hydrogen-bond donors (Lipinski definition) is 1. The molecule has 0 spiro atoms. The van der Waals surface area contributed by atoms with Crippen molar-refractivity contribution in [3.8, 4) is 23.3 Å². The number of pyridine rings is 1. The van der Waals surface area contributed by atoms with Crippen molar-refractivity contribution < 1.29 is 22.3 Å². The number of aryl methyl sites for hydroxylation is 1. The number of aromatic amines is 1. The zero-order valence-corrected chi connectivity index (χ0v) is 24.9. The van der Waals surface area contributed by atoms with Crippen LogP contribution >= 0.6 is 0 Å². The zero-order valence-electron chi connectivity index (χ0n) is 24.1. The molecular weight excluding hydrogens is 576 g/mol. The highest BCUT2D eigenvalue weighted by Gasteiger charge is 2.30. The summed E-state index contributed by atoms with van der Waals surface area (Å²) in [6, 6.07) is 8.97. The Morgan fingerprint density at radius 1 is 1.05 bits per heavy atom. The maximum absolute atomic E-state index is 13.6. The molecule has 0 atom stereocenters. The first kappa shape index (κ1) is 28.9. The fraction of sp³-hybridized carbons (Fsp3) is 0.393. The number of nitrogens with one attached hydrogen (secondary N) is 1. The standard InChI is InChI=1S/C28H32N8O6S/c1-4-21-23-24(33-36(21)28-30-20-8-6-7-9-22(20)42-28)26(37)32-25(31-23)19-16-18(17-29-27(19)41-15-14-40-3)43(38,39)35-12-10-34(5-2)11-13-35/h6-9,16-17H,4-5,10-15H2,1-3H3,(H,31,32,37). The van der Waals surface area contributed by atoms with Crippen LogP contribution in [0.25, 0.3) is 39.5 Å². The zero-order chi connectivity index (χ0) is 30.1. The number of H-pyrrole nitrogens is 1. The Hall–Kier alpha value is -4.18. The summed E-state index contributed by atoms with van der Waals surface area (Å²) in [4.78, 5) is 31.9. The number of aromatic nitrogens is 6. The Balaban J connectivity index is 1.46. The molecule has 5 heterocycles. The third kappa shape index (κ3) is 5.40. The van der Waals surface area contributed by atoms with E-state index in [4.69, 9.17) is 18.9 Å². The van der Waals surface area contributed by atoms with Gasteiger partial charge in [0.1, 0.15) is 28.4 Å². The van der Waals surface area contributed by atoms with E-state index < -0.39 is 15.6 Å². The molecule has 0 aliphatic carbocycles. The van der Waals surface area contributed by atoms with Crippen molar-refractivity contribution in [3.63, 3.8) is 0 Å². The third-order valence-corrected chi connectivity index (χ3v) is 9.31. The molecule has 5 aromatic rings. The third-order valence-electron chi connectivity index (χ3n) is 7.45. The largest absolute Gasteiger partial charge is 0.475 e. The summed E-state index contributed by atoms with van der Waals surface area (Å²) < 4.78 is 47.0. The predicted octanol–water partition coefficient (Wildman–Crippen LogP) is 2.23. The van der Waals surface area contributed by atoms with E-state index >= 15 is 0 Å². The molecule has 1 aliphatic heterocycles. The molecule has 14 nitrogen and oxygen atoms in total. The van der Waals surface area contributed by atoms with Gasteiger partial charge < -0.3 is 23.8 Å². The molecule has 43 heavy (non-hydrogen) atoms. The number of nitrogens with zero attached hydrogens (tertiary/aromatic N) is 7. The first-order valence-electron chi connectivity index (χ1n) is 14.1. The summed E-state index contributed by atoms with van der Waals surface area (Å²) in [6.45, 7) is 7.28. The van der Waals surface area contributed by atoms with Crippen molar-refractivity contribution in [3.05, 3.63) is 52.6 Å². The first-order valence-corrected chi connectivity index (χ1v) is 15.5. The molecule has 0 bridgehead atoms. The summed E-state index contributed by atoms with van der Waals surface area (Å²) in [5, 5.41) is 4.48. The average molecular weight is 609 g/mol. The maximum Gasteiger partial charge on any atom is 0.324 e. The van der Waals surface area contributed by atoms with Gasteiger partial charge in [0.15, 0.2) is 11.1 Å². The molecule has 0 saturated carbocycles. The minimum atomic E-state index is -3.87. The molecule has 6 rings (SSSR count). The molecule has 226 valence electrons. The van der Waals surface area contributed by atoms with E-state index in [1.165, 1.54) is 21.3 Å². The Bertz CT molecular complexity index is 1910. The predicted molar refractivity (Wildman–Crippen MR) is 158 cm³/mol. The monoisotopic (exact) mass is 608 g/mol. The van der Waals surface area contributed by atoms with E-state index in [1.54, 1.807) is 13.2 Å². The highest BCUT2D eigenvalue weighted by atomic mass is 32.2. The molecule has 1 fully saturated rings. The van der Waals surface area contributed by atoms with Crippen LogP contribution in [0.15, 0.2) is 50.6 Å². The van der Waals surface area contributed by atoms with Crippen molar-refractivity contribution in [1.29, 1.82) is 0 Å². The summed E-state index contributed by atoms with van der Waals surface area (Å²) in [5.74, 6) is 0.204. The Morgan fingerprint density at radius 3 is 2.56 bits per heavy atom. The summed E-state index contributed by atoms with van der Waals surface area (Å²) in [7, 11) is -2.33. The Labute approximate surface area is 247 Å². The van der Waals surface area contributed by atoms with Gasteiger partial charge in [-0.2, -0.15) is 19.1 Å². The van der Waals surface area contributed by atoms with Crippen LogP contribution in [0.1, 0.15) is 19.5 Å². The number of oxazole rings is 1.